The zero-order valence-electron chi connectivity index (χ0n) is 12.7. The standard InChI is InChI=1S/C10H14O2.C7H8O2/c1-3-4-8-5-6-9(11)10(7-8)12-2;1-9-7-5-3-2-4-6(7)8/h5-7,11H,3-4H2,1-2H3;2-5,8H,1H3. The highest BCUT2D eigenvalue weighted by Gasteiger charge is 2.00. The second-order valence-electron chi connectivity index (χ2n) is 4.43. The van der Waals surface area contributed by atoms with E-state index in [4.69, 9.17) is 14.6 Å². The molecule has 2 N–H and O–H groups in total. The Morgan fingerprint density at radius 3 is 2.00 bits per heavy atom. The van der Waals surface area contributed by atoms with Crippen molar-refractivity contribution in [2.24, 2.45) is 0 Å². The zero-order valence-corrected chi connectivity index (χ0v) is 12.7. The molecule has 2 aromatic carbocycles. The minimum Gasteiger partial charge on any atom is -0.504 e. The summed E-state index contributed by atoms with van der Waals surface area (Å²) in [5.41, 5.74) is 1.20. The summed E-state index contributed by atoms with van der Waals surface area (Å²) in [5, 5.41) is 18.3. The van der Waals surface area contributed by atoms with E-state index in [1.807, 2.05) is 12.1 Å². The van der Waals surface area contributed by atoms with Crippen LogP contribution in [0.3, 0.4) is 0 Å². The number of hydrogen-bond donors (Lipinski definition) is 2. The molecule has 2 rings (SSSR count). The zero-order chi connectivity index (χ0) is 15.7. The van der Waals surface area contributed by atoms with E-state index in [0.29, 0.717) is 11.5 Å². The minimum atomic E-state index is 0.181. The highest BCUT2D eigenvalue weighted by Crippen LogP contribution is 2.26. The molecule has 0 saturated heterocycles. The van der Waals surface area contributed by atoms with Gasteiger partial charge in [-0.1, -0.05) is 31.5 Å². The summed E-state index contributed by atoms with van der Waals surface area (Å²) in [6.07, 6.45) is 2.13. The van der Waals surface area contributed by atoms with Crippen LogP contribution < -0.4 is 9.47 Å². The Bertz CT molecular complexity index is 552. The van der Waals surface area contributed by atoms with Crippen LogP contribution in [0.2, 0.25) is 0 Å². The Kier molecular flexibility index (Phi) is 6.95. The van der Waals surface area contributed by atoms with Crippen molar-refractivity contribution in [2.75, 3.05) is 14.2 Å². The van der Waals surface area contributed by atoms with Gasteiger partial charge in [0.2, 0.25) is 0 Å². The number of hydrogen-bond acceptors (Lipinski definition) is 4. The molecular weight excluding hydrogens is 268 g/mol. The Morgan fingerprint density at radius 2 is 1.48 bits per heavy atom. The fourth-order valence-electron chi connectivity index (χ4n) is 1.80. The number of methoxy groups -OCH3 is 2. The molecule has 4 nitrogen and oxygen atoms in total. The first kappa shape index (κ1) is 16.7. The van der Waals surface area contributed by atoms with Gasteiger partial charge in [0.1, 0.15) is 0 Å². The van der Waals surface area contributed by atoms with E-state index in [2.05, 4.69) is 6.92 Å². The molecule has 0 spiro atoms. The first-order valence-electron chi connectivity index (χ1n) is 6.80. The molecule has 0 saturated carbocycles. The molecule has 0 aliphatic rings. The van der Waals surface area contributed by atoms with Gasteiger partial charge in [-0.05, 0) is 36.2 Å². The number of rotatable bonds is 4. The summed E-state index contributed by atoms with van der Waals surface area (Å²) in [5.74, 6) is 1.45. The van der Waals surface area contributed by atoms with Crippen molar-refractivity contribution in [1.29, 1.82) is 0 Å². The second-order valence-corrected chi connectivity index (χ2v) is 4.43. The van der Waals surface area contributed by atoms with Crippen molar-refractivity contribution >= 4 is 0 Å². The number of aromatic hydroxyl groups is 2. The van der Waals surface area contributed by atoms with E-state index in [9.17, 15) is 5.11 Å². The molecule has 2 aromatic rings. The molecule has 0 fully saturated rings. The maximum absolute atomic E-state index is 9.28. The summed E-state index contributed by atoms with van der Waals surface area (Å²) in [6.45, 7) is 2.12. The molecule has 0 radical (unpaired) electrons. The average Bonchev–Trinajstić information content (AvgIpc) is 2.50. The molecule has 0 unspecified atom stereocenters. The van der Waals surface area contributed by atoms with Crippen molar-refractivity contribution in [3.8, 4) is 23.0 Å². The Labute approximate surface area is 125 Å². The predicted octanol–water partition coefficient (Wildman–Crippen LogP) is 3.75. The highest BCUT2D eigenvalue weighted by atomic mass is 16.5. The maximum Gasteiger partial charge on any atom is 0.160 e. The SMILES string of the molecule is CCCc1ccc(O)c(OC)c1.COc1ccccc1O. The molecule has 0 aliphatic carbocycles. The van der Waals surface area contributed by atoms with Gasteiger partial charge in [-0.25, -0.2) is 0 Å². The normalized spacial score (nSPS) is 9.48. The first-order valence-corrected chi connectivity index (χ1v) is 6.80. The van der Waals surface area contributed by atoms with Gasteiger partial charge in [0.15, 0.2) is 23.0 Å². The summed E-state index contributed by atoms with van der Waals surface area (Å²) in [4.78, 5) is 0. The topological polar surface area (TPSA) is 58.9 Å². The Morgan fingerprint density at radius 1 is 0.857 bits per heavy atom. The van der Waals surface area contributed by atoms with Crippen LogP contribution in [-0.2, 0) is 6.42 Å². The molecule has 0 heterocycles. The van der Waals surface area contributed by atoms with Gasteiger partial charge < -0.3 is 19.7 Å². The van der Waals surface area contributed by atoms with Crippen LogP contribution in [0.5, 0.6) is 23.0 Å². The largest absolute Gasteiger partial charge is 0.504 e. The van der Waals surface area contributed by atoms with E-state index in [1.165, 1.54) is 12.7 Å². The van der Waals surface area contributed by atoms with Crippen molar-refractivity contribution < 1.29 is 19.7 Å². The van der Waals surface area contributed by atoms with Gasteiger partial charge in [0.25, 0.3) is 0 Å². The van der Waals surface area contributed by atoms with Gasteiger partial charge in [-0.3, -0.25) is 0 Å². The smallest absolute Gasteiger partial charge is 0.160 e. The number of aryl methyl sites for hydroxylation is 1. The molecule has 0 atom stereocenters. The number of phenols is 2. The first-order chi connectivity index (χ1) is 10.1. The lowest BCUT2D eigenvalue weighted by molar-refractivity contribution is 0.373. The molecule has 21 heavy (non-hydrogen) atoms. The number of ether oxygens (including phenoxy) is 2. The van der Waals surface area contributed by atoms with Gasteiger partial charge in [-0.2, -0.15) is 0 Å². The lowest BCUT2D eigenvalue weighted by Crippen LogP contribution is -1.87. The molecule has 0 aromatic heterocycles. The fourth-order valence-corrected chi connectivity index (χ4v) is 1.80. The quantitative estimate of drug-likeness (QED) is 0.900. The molecule has 0 aliphatic heterocycles. The molecule has 0 bridgehead atoms. The molecule has 0 amide bonds. The van der Waals surface area contributed by atoms with Crippen molar-refractivity contribution in [2.45, 2.75) is 19.8 Å². The van der Waals surface area contributed by atoms with Crippen LogP contribution >= 0.6 is 0 Å². The number of para-hydroxylation sites is 2. The number of benzene rings is 2. The third-order valence-corrected chi connectivity index (χ3v) is 2.87. The predicted molar refractivity (Wildman–Crippen MR) is 83.3 cm³/mol. The summed E-state index contributed by atoms with van der Waals surface area (Å²) < 4.78 is 9.78. The number of phenolic OH excluding ortho intramolecular Hbond substituents is 2. The van der Waals surface area contributed by atoms with Crippen molar-refractivity contribution in [3.05, 3.63) is 48.0 Å². The van der Waals surface area contributed by atoms with E-state index in [1.54, 1.807) is 37.4 Å². The van der Waals surface area contributed by atoms with E-state index in [-0.39, 0.29) is 11.5 Å². The summed E-state index contributed by atoms with van der Waals surface area (Å²) in [6, 6.07) is 12.3. The van der Waals surface area contributed by atoms with E-state index in [0.717, 1.165) is 12.8 Å². The average molecular weight is 290 g/mol. The fraction of sp³-hybridized carbons (Fsp3) is 0.294. The van der Waals surface area contributed by atoms with Crippen molar-refractivity contribution in [3.63, 3.8) is 0 Å². The van der Waals surface area contributed by atoms with Crippen LogP contribution in [0.25, 0.3) is 0 Å². The lowest BCUT2D eigenvalue weighted by Gasteiger charge is -2.05. The van der Waals surface area contributed by atoms with E-state index < -0.39 is 0 Å². The van der Waals surface area contributed by atoms with Crippen LogP contribution in [-0.4, -0.2) is 24.4 Å². The van der Waals surface area contributed by atoms with Crippen LogP contribution in [0.4, 0.5) is 0 Å². The lowest BCUT2D eigenvalue weighted by atomic mass is 10.1. The second kappa shape index (κ2) is 8.74. The summed E-state index contributed by atoms with van der Waals surface area (Å²) in [7, 11) is 3.08. The third kappa shape index (κ3) is 5.26. The third-order valence-electron chi connectivity index (χ3n) is 2.87. The maximum atomic E-state index is 9.28. The van der Waals surface area contributed by atoms with Crippen LogP contribution in [0.1, 0.15) is 18.9 Å². The van der Waals surface area contributed by atoms with Crippen LogP contribution in [0.15, 0.2) is 42.5 Å². The monoisotopic (exact) mass is 290 g/mol. The Balaban J connectivity index is 0.000000219. The van der Waals surface area contributed by atoms with Gasteiger partial charge >= 0.3 is 0 Å². The summed E-state index contributed by atoms with van der Waals surface area (Å²) >= 11 is 0. The Hall–Kier alpha value is -2.36. The van der Waals surface area contributed by atoms with Gasteiger partial charge in [0, 0.05) is 0 Å². The van der Waals surface area contributed by atoms with Crippen molar-refractivity contribution in [1.82, 2.24) is 0 Å². The highest BCUT2D eigenvalue weighted by molar-refractivity contribution is 5.41. The molecule has 4 heteroatoms. The van der Waals surface area contributed by atoms with Crippen LogP contribution in [0, 0.1) is 0 Å². The minimum absolute atomic E-state index is 0.181. The molecular formula is C17H22O4. The molecule has 114 valence electrons. The van der Waals surface area contributed by atoms with Gasteiger partial charge in [-0.15, -0.1) is 0 Å². The van der Waals surface area contributed by atoms with E-state index >= 15 is 0 Å². The van der Waals surface area contributed by atoms with Gasteiger partial charge in [0.05, 0.1) is 14.2 Å².